The van der Waals surface area contributed by atoms with Gasteiger partial charge in [0, 0.05) is 25.1 Å². The zero-order valence-electron chi connectivity index (χ0n) is 5.77. The molecule has 0 aliphatic carbocycles. The SMILES string of the molecule is Fc1cc(F)c2c(I)csc2c1. The molecule has 1 aromatic carbocycles. The lowest BCUT2D eigenvalue weighted by atomic mass is 10.2. The minimum Gasteiger partial charge on any atom is -0.207 e. The van der Waals surface area contributed by atoms with Gasteiger partial charge >= 0.3 is 0 Å². The van der Waals surface area contributed by atoms with E-state index in [0.717, 1.165) is 9.64 Å². The van der Waals surface area contributed by atoms with Gasteiger partial charge in [0.2, 0.25) is 0 Å². The van der Waals surface area contributed by atoms with E-state index < -0.39 is 11.6 Å². The van der Waals surface area contributed by atoms with Gasteiger partial charge in [-0.1, -0.05) is 0 Å². The lowest BCUT2D eigenvalue weighted by molar-refractivity contribution is 0.592. The topological polar surface area (TPSA) is 0 Å². The Hall–Kier alpha value is -0.230. The van der Waals surface area contributed by atoms with Gasteiger partial charge in [0.1, 0.15) is 11.6 Å². The van der Waals surface area contributed by atoms with Crippen LogP contribution in [0.2, 0.25) is 0 Å². The highest BCUT2D eigenvalue weighted by Crippen LogP contribution is 2.30. The number of benzene rings is 1. The predicted octanol–water partition coefficient (Wildman–Crippen LogP) is 3.78. The van der Waals surface area contributed by atoms with E-state index in [1.54, 1.807) is 0 Å². The Morgan fingerprint density at radius 3 is 2.75 bits per heavy atom. The summed E-state index contributed by atoms with van der Waals surface area (Å²) in [5.41, 5.74) is 0. The molecule has 12 heavy (non-hydrogen) atoms. The van der Waals surface area contributed by atoms with Crippen molar-refractivity contribution in [1.82, 2.24) is 0 Å². The predicted molar refractivity (Wildman–Crippen MR) is 54.5 cm³/mol. The Morgan fingerprint density at radius 2 is 2.00 bits per heavy atom. The first-order valence-electron chi connectivity index (χ1n) is 3.20. The summed E-state index contributed by atoms with van der Waals surface area (Å²) in [4.78, 5) is 0. The fraction of sp³-hybridized carbons (Fsp3) is 0. The molecule has 0 nitrogen and oxygen atoms in total. The van der Waals surface area contributed by atoms with Gasteiger partial charge in [-0.05, 0) is 28.7 Å². The van der Waals surface area contributed by atoms with Crippen LogP contribution in [-0.2, 0) is 0 Å². The van der Waals surface area contributed by atoms with Crippen LogP contribution in [0.3, 0.4) is 0 Å². The van der Waals surface area contributed by atoms with Gasteiger partial charge in [-0.2, -0.15) is 0 Å². The Balaban J connectivity index is 2.93. The largest absolute Gasteiger partial charge is 0.207 e. The van der Waals surface area contributed by atoms with Gasteiger partial charge in [-0.15, -0.1) is 11.3 Å². The van der Waals surface area contributed by atoms with E-state index in [2.05, 4.69) is 0 Å². The summed E-state index contributed by atoms with van der Waals surface area (Å²) in [6.07, 6.45) is 0. The number of halogens is 3. The molecular weight excluding hydrogens is 293 g/mol. The van der Waals surface area contributed by atoms with Gasteiger partial charge in [0.15, 0.2) is 0 Å². The maximum Gasteiger partial charge on any atom is 0.135 e. The van der Waals surface area contributed by atoms with Crippen LogP contribution < -0.4 is 0 Å². The first-order chi connectivity index (χ1) is 5.68. The third-order valence-electron chi connectivity index (χ3n) is 1.55. The molecule has 0 spiro atoms. The first kappa shape index (κ1) is 8.37. The van der Waals surface area contributed by atoms with E-state index in [1.165, 1.54) is 17.4 Å². The van der Waals surface area contributed by atoms with Crippen molar-refractivity contribution in [2.45, 2.75) is 0 Å². The van der Waals surface area contributed by atoms with Crippen LogP contribution in [0.25, 0.3) is 10.1 Å². The summed E-state index contributed by atoms with van der Waals surface area (Å²) in [5, 5.41) is 2.34. The minimum atomic E-state index is -0.516. The van der Waals surface area contributed by atoms with Crippen LogP contribution in [-0.4, -0.2) is 0 Å². The molecule has 0 aliphatic heterocycles. The quantitative estimate of drug-likeness (QED) is 0.649. The van der Waals surface area contributed by atoms with Crippen LogP contribution in [0.15, 0.2) is 17.5 Å². The van der Waals surface area contributed by atoms with E-state index >= 15 is 0 Å². The van der Waals surface area contributed by atoms with Crippen molar-refractivity contribution in [3.8, 4) is 0 Å². The van der Waals surface area contributed by atoms with Gasteiger partial charge in [-0.25, -0.2) is 8.78 Å². The second-order valence-electron chi connectivity index (χ2n) is 2.34. The van der Waals surface area contributed by atoms with Crippen LogP contribution in [0.1, 0.15) is 0 Å². The molecule has 0 amide bonds. The number of hydrogen-bond acceptors (Lipinski definition) is 1. The second-order valence-corrected chi connectivity index (χ2v) is 4.42. The maximum atomic E-state index is 13.1. The van der Waals surface area contributed by atoms with Gasteiger partial charge < -0.3 is 0 Å². The smallest absolute Gasteiger partial charge is 0.135 e. The normalized spacial score (nSPS) is 10.9. The van der Waals surface area contributed by atoms with Crippen molar-refractivity contribution in [3.63, 3.8) is 0 Å². The highest BCUT2D eigenvalue weighted by atomic mass is 127. The fourth-order valence-corrected chi connectivity index (χ4v) is 3.02. The summed E-state index contributed by atoms with van der Waals surface area (Å²) < 4.78 is 27.3. The zero-order chi connectivity index (χ0) is 8.72. The molecule has 0 N–H and O–H groups in total. The molecule has 1 aromatic heterocycles. The molecule has 0 aliphatic rings. The summed E-state index contributed by atoms with van der Waals surface area (Å²) in [7, 11) is 0. The average Bonchev–Trinajstić information content (AvgIpc) is 2.31. The summed E-state index contributed by atoms with van der Waals surface area (Å²) in [6, 6.07) is 2.27. The molecule has 0 saturated carbocycles. The number of fused-ring (bicyclic) bond motifs is 1. The lowest BCUT2D eigenvalue weighted by Crippen LogP contribution is -1.80. The van der Waals surface area contributed by atoms with Crippen molar-refractivity contribution < 1.29 is 8.78 Å². The highest BCUT2D eigenvalue weighted by molar-refractivity contribution is 14.1. The first-order valence-corrected chi connectivity index (χ1v) is 5.16. The third kappa shape index (κ3) is 1.22. The van der Waals surface area contributed by atoms with E-state index in [4.69, 9.17) is 0 Å². The van der Waals surface area contributed by atoms with Crippen LogP contribution in [0.4, 0.5) is 8.78 Å². The summed E-state index contributed by atoms with van der Waals surface area (Å²) in [5.74, 6) is -0.992. The summed E-state index contributed by atoms with van der Waals surface area (Å²) >= 11 is 3.39. The molecule has 4 heteroatoms. The monoisotopic (exact) mass is 296 g/mol. The van der Waals surface area contributed by atoms with Crippen molar-refractivity contribution in [2.75, 3.05) is 0 Å². The molecule has 0 unspecified atom stereocenters. The van der Waals surface area contributed by atoms with Crippen LogP contribution in [0.5, 0.6) is 0 Å². The van der Waals surface area contributed by atoms with Gasteiger partial charge in [0.05, 0.1) is 0 Å². The number of rotatable bonds is 0. The molecule has 0 atom stereocenters. The zero-order valence-corrected chi connectivity index (χ0v) is 8.75. The van der Waals surface area contributed by atoms with E-state index in [9.17, 15) is 8.78 Å². The molecular formula is C8H3F2IS. The van der Waals surface area contributed by atoms with E-state index in [-0.39, 0.29) is 0 Å². The Morgan fingerprint density at radius 1 is 1.25 bits per heavy atom. The van der Waals surface area contributed by atoms with Crippen molar-refractivity contribution in [1.29, 1.82) is 0 Å². The Kier molecular flexibility index (Phi) is 2.04. The standard InChI is InChI=1S/C8H3F2IS/c9-4-1-5(10)8-6(11)3-12-7(8)2-4/h1-3H. The molecule has 2 rings (SSSR count). The second kappa shape index (κ2) is 2.92. The average molecular weight is 296 g/mol. The lowest BCUT2D eigenvalue weighted by Gasteiger charge is -1.93. The molecule has 0 fully saturated rings. The maximum absolute atomic E-state index is 13.1. The number of thiophene rings is 1. The highest BCUT2D eigenvalue weighted by Gasteiger charge is 2.08. The molecule has 2 aromatic rings. The molecule has 0 bridgehead atoms. The molecule has 0 saturated heterocycles. The van der Waals surface area contributed by atoms with Crippen LogP contribution >= 0.6 is 33.9 Å². The molecule has 62 valence electrons. The van der Waals surface area contributed by atoms with E-state index in [1.807, 2.05) is 28.0 Å². The van der Waals surface area contributed by atoms with Crippen molar-refractivity contribution >= 4 is 44.0 Å². The van der Waals surface area contributed by atoms with Gasteiger partial charge in [0.25, 0.3) is 0 Å². The summed E-state index contributed by atoms with van der Waals surface area (Å²) in [6.45, 7) is 0. The fourth-order valence-electron chi connectivity index (χ4n) is 1.05. The number of hydrogen-bond donors (Lipinski definition) is 0. The Bertz CT molecular complexity index is 436. The molecule has 1 heterocycles. The minimum absolute atomic E-state index is 0.476. The molecule has 0 radical (unpaired) electrons. The Labute approximate surface area is 85.3 Å². The van der Waals surface area contributed by atoms with Crippen LogP contribution in [0, 0.1) is 15.2 Å². The van der Waals surface area contributed by atoms with Crippen molar-refractivity contribution in [3.05, 3.63) is 32.7 Å². The van der Waals surface area contributed by atoms with E-state index in [0.29, 0.717) is 10.1 Å². The van der Waals surface area contributed by atoms with Crippen molar-refractivity contribution in [2.24, 2.45) is 0 Å². The van der Waals surface area contributed by atoms with Gasteiger partial charge in [-0.3, -0.25) is 0 Å². The third-order valence-corrected chi connectivity index (χ3v) is 3.75.